The molecule has 30 heavy (non-hydrogen) atoms. The minimum Gasteiger partial charge on any atom is -0.507 e. The second-order valence-electron chi connectivity index (χ2n) is 7.33. The fourth-order valence-corrected chi connectivity index (χ4v) is 3.44. The summed E-state index contributed by atoms with van der Waals surface area (Å²) in [6.07, 6.45) is 2.09. The second kappa shape index (κ2) is 10.1. The first-order valence-corrected chi connectivity index (χ1v) is 10.4. The lowest BCUT2D eigenvalue weighted by molar-refractivity contribution is 0.0877. The highest BCUT2D eigenvalue weighted by Gasteiger charge is 2.12. The van der Waals surface area contributed by atoms with E-state index in [2.05, 4.69) is 35.6 Å². The average molecular weight is 405 g/mol. The fraction of sp³-hybridized carbons (Fsp3) is 0.320. The Labute approximate surface area is 177 Å². The number of ketones is 1. The Hall–Kier alpha value is -3.07. The molecule has 0 fully saturated rings. The molecule has 0 saturated heterocycles. The molecule has 0 aliphatic carbocycles. The topological polar surface area (TPSA) is 76.6 Å². The highest BCUT2D eigenvalue weighted by atomic mass is 16.3. The van der Waals surface area contributed by atoms with Crippen LogP contribution in [-0.2, 0) is 0 Å². The molecule has 0 spiro atoms. The van der Waals surface area contributed by atoms with E-state index in [1.165, 1.54) is 0 Å². The van der Waals surface area contributed by atoms with Crippen molar-refractivity contribution >= 4 is 16.7 Å². The summed E-state index contributed by atoms with van der Waals surface area (Å²) in [5.41, 5.74) is 2.88. The summed E-state index contributed by atoms with van der Waals surface area (Å²) in [4.78, 5) is 17.7. The van der Waals surface area contributed by atoms with E-state index >= 15 is 0 Å². The van der Waals surface area contributed by atoms with Crippen molar-refractivity contribution in [2.75, 3.05) is 19.6 Å². The van der Waals surface area contributed by atoms with E-state index in [0.29, 0.717) is 30.5 Å². The van der Waals surface area contributed by atoms with Crippen molar-refractivity contribution in [2.24, 2.45) is 0 Å². The molecule has 0 bridgehead atoms. The third-order valence-electron chi connectivity index (χ3n) is 5.32. The number of aliphatic hydroxyl groups is 1. The van der Waals surface area contributed by atoms with Crippen molar-refractivity contribution in [1.82, 2.24) is 9.88 Å². The molecular weight excluding hydrogens is 376 g/mol. The maximum atomic E-state index is 12.4. The van der Waals surface area contributed by atoms with Crippen LogP contribution in [-0.4, -0.2) is 51.6 Å². The monoisotopic (exact) mass is 404 g/mol. The molecule has 3 aromatic rings. The van der Waals surface area contributed by atoms with Crippen LogP contribution in [0.2, 0.25) is 0 Å². The van der Waals surface area contributed by atoms with E-state index in [9.17, 15) is 15.0 Å². The third-order valence-corrected chi connectivity index (χ3v) is 5.32. The van der Waals surface area contributed by atoms with Gasteiger partial charge >= 0.3 is 0 Å². The van der Waals surface area contributed by atoms with Crippen LogP contribution < -0.4 is 0 Å². The van der Waals surface area contributed by atoms with Crippen molar-refractivity contribution in [1.29, 1.82) is 0 Å². The molecule has 1 unspecified atom stereocenters. The predicted molar refractivity (Wildman–Crippen MR) is 120 cm³/mol. The normalized spacial score (nSPS) is 12.0. The summed E-state index contributed by atoms with van der Waals surface area (Å²) < 4.78 is 0. The number of carbonyl (C=O) groups excluding carboxylic acids is 1. The number of hydrogen-bond acceptors (Lipinski definition) is 4. The van der Waals surface area contributed by atoms with Gasteiger partial charge in [0.25, 0.3) is 0 Å². The molecule has 2 aromatic carbocycles. The number of aromatic hydroxyl groups is 1. The Morgan fingerprint density at radius 3 is 2.50 bits per heavy atom. The van der Waals surface area contributed by atoms with Gasteiger partial charge in [-0.05, 0) is 49.8 Å². The van der Waals surface area contributed by atoms with Gasteiger partial charge in [0, 0.05) is 41.2 Å². The maximum absolute atomic E-state index is 12.4. The number of aromatic nitrogens is 1. The van der Waals surface area contributed by atoms with Crippen molar-refractivity contribution in [3.05, 3.63) is 65.4 Å². The zero-order valence-corrected chi connectivity index (χ0v) is 17.5. The molecule has 1 atom stereocenters. The van der Waals surface area contributed by atoms with Gasteiger partial charge in [0.05, 0.1) is 11.7 Å². The van der Waals surface area contributed by atoms with Gasteiger partial charge in [-0.1, -0.05) is 37.8 Å². The van der Waals surface area contributed by atoms with Crippen molar-refractivity contribution in [3.63, 3.8) is 0 Å². The molecule has 0 aliphatic heterocycles. The number of phenolic OH excluding ortho intramolecular Hbond substituents is 1. The maximum Gasteiger partial charge on any atom is 0.162 e. The van der Waals surface area contributed by atoms with Crippen molar-refractivity contribution in [2.45, 2.75) is 32.8 Å². The Balaban J connectivity index is 1.63. The van der Waals surface area contributed by atoms with E-state index in [4.69, 9.17) is 0 Å². The zero-order valence-electron chi connectivity index (χ0n) is 17.5. The molecule has 0 radical (unpaired) electrons. The van der Waals surface area contributed by atoms with Gasteiger partial charge in [-0.15, -0.1) is 0 Å². The van der Waals surface area contributed by atoms with E-state index in [1.54, 1.807) is 30.3 Å². The molecule has 5 nitrogen and oxygen atoms in total. The van der Waals surface area contributed by atoms with E-state index in [0.717, 1.165) is 29.6 Å². The Kier molecular flexibility index (Phi) is 7.29. The van der Waals surface area contributed by atoms with Gasteiger partial charge in [0.1, 0.15) is 5.75 Å². The van der Waals surface area contributed by atoms with Gasteiger partial charge in [-0.2, -0.15) is 0 Å². The number of nitrogens with one attached hydrogen (secondary N) is 1. The molecule has 1 heterocycles. The number of likely N-dealkylation sites (N-methyl/N-ethyl adjacent to an activating group) is 1. The Morgan fingerprint density at radius 2 is 1.80 bits per heavy atom. The molecule has 0 saturated carbocycles. The standard InChI is InChI=1S/C25H28N2O3/c1-3-27(4-2)17-20(28)10-13-24(29)19-8-5-18(6-9-19)7-11-22-21-15-16-26-23(21)12-14-25(22)30/h5-6,8-9,12,14-16,20,26,28,30H,3-4,10,13,17H2,1-2H3. The number of phenols is 1. The largest absolute Gasteiger partial charge is 0.507 e. The predicted octanol–water partition coefficient (Wildman–Crippen LogP) is 3.94. The smallest absolute Gasteiger partial charge is 0.162 e. The fourth-order valence-electron chi connectivity index (χ4n) is 3.44. The van der Waals surface area contributed by atoms with Crippen molar-refractivity contribution < 1.29 is 15.0 Å². The minimum absolute atomic E-state index is 0.0165. The van der Waals surface area contributed by atoms with Gasteiger partial charge in [0.2, 0.25) is 0 Å². The summed E-state index contributed by atoms with van der Waals surface area (Å²) in [5, 5.41) is 21.1. The number of fused-ring (bicyclic) bond motifs is 1. The number of H-pyrrole nitrogens is 1. The van der Waals surface area contributed by atoms with Crippen LogP contribution in [0.4, 0.5) is 0 Å². The lowest BCUT2D eigenvalue weighted by Gasteiger charge is -2.21. The summed E-state index contributed by atoms with van der Waals surface area (Å²) in [7, 11) is 0. The summed E-state index contributed by atoms with van der Waals surface area (Å²) >= 11 is 0. The first kappa shape index (κ1) is 21.6. The van der Waals surface area contributed by atoms with Crippen LogP contribution in [0.5, 0.6) is 5.75 Å². The average Bonchev–Trinajstić information content (AvgIpc) is 3.24. The molecular formula is C25H28N2O3. The number of carbonyl (C=O) groups is 1. The highest BCUT2D eigenvalue weighted by molar-refractivity contribution is 5.96. The number of aliphatic hydroxyl groups excluding tert-OH is 1. The molecule has 0 aliphatic rings. The lowest BCUT2D eigenvalue weighted by atomic mass is 10.0. The van der Waals surface area contributed by atoms with Gasteiger partial charge in [-0.25, -0.2) is 0 Å². The molecule has 0 amide bonds. The minimum atomic E-state index is -0.497. The van der Waals surface area contributed by atoms with Crippen LogP contribution in [0, 0.1) is 11.8 Å². The van der Waals surface area contributed by atoms with Crippen LogP contribution >= 0.6 is 0 Å². The number of Topliss-reactive ketones (excluding diaryl/α,β-unsaturated/α-hetero) is 1. The SMILES string of the molecule is CCN(CC)CC(O)CCC(=O)c1ccc(C#Cc2c(O)ccc3[nH]ccc23)cc1. The summed E-state index contributed by atoms with van der Waals surface area (Å²) in [5.74, 6) is 6.25. The van der Waals surface area contributed by atoms with E-state index in [-0.39, 0.29) is 11.5 Å². The van der Waals surface area contributed by atoms with Crippen LogP contribution in [0.3, 0.4) is 0 Å². The summed E-state index contributed by atoms with van der Waals surface area (Å²) in [6.45, 7) is 6.49. The number of nitrogens with zero attached hydrogens (tertiary/aromatic N) is 1. The molecule has 5 heteroatoms. The number of aromatic amines is 1. The quantitative estimate of drug-likeness (QED) is 0.393. The van der Waals surface area contributed by atoms with Gasteiger partial charge in [-0.3, -0.25) is 4.79 Å². The van der Waals surface area contributed by atoms with E-state index in [1.807, 2.05) is 18.3 Å². The molecule has 156 valence electrons. The van der Waals surface area contributed by atoms with Crippen molar-refractivity contribution in [3.8, 4) is 17.6 Å². The van der Waals surface area contributed by atoms with Crippen LogP contribution in [0.25, 0.3) is 10.9 Å². The summed E-state index contributed by atoms with van der Waals surface area (Å²) in [6, 6.07) is 12.5. The molecule has 3 N–H and O–H groups in total. The van der Waals surface area contributed by atoms with Crippen LogP contribution in [0.1, 0.15) is 48.2 Å². The Morgan fingerprint density at radius 1 is 1.07 bits per heavy atom. The first-order valence-electron chi connectivity index (χ1n) is 10.4. The zero-order chi connectivity index (χ0) is 21.5. The number of benzene rings is 2. The van der Waals surface area contributed by atoms with Crippen LogP contribution in [0.15, 0.2) is 48.7 Å². The lowest BCUT2D eigenvalue weighted by Crippen LogP contribution is -2.32. The second-order valence-corrected chi connectivity index (χ2v) is 7.33. The molecule has 1 aromatic heterocycles. The number of hydrogen-bond donors (Lipinski definition) is 3. The molecule has 3 rings (SSSR count). The van der Waals surface area contributed by atoms with E-state index < -0.39 is 6.10 Å². The van der Waals surface area contributed by atoms with Gasteiger partial charge in [0.15, 0.2) is 5.78 Å². The first-order chi connectivity index (χ1) is 14.5. The van der Waals surface area contributed by atoms with Gasteiger partial charge < -0.3 is 20.1 Å². The third kappa shape index (κ3) is 5.29. The number of rotatable bonds is 8. The highest BCUT2D eigenvalue weighted by Crippen LogP contribution is 2.25. The Bertz CT molecular complexity index is 1050.